The van der Waals surface area contributed by atoms with E-state index in [2.05, 4.69) is 4.98 Å². The fourth-order valence-corrected chi connectivity index (χ4v) is 5.26. The van der Waals surface area contributed by atoms with Crippen molar-refractivity contribution in [1.82, 2.24) is 9.55 Å². The minimum Gasteiger partial charge on any atom is -0.463 e. The van der Waals surface area contributed by atoms with Crippen LogP contribution in [-0.2, 0) is 32.4 Å². The molecule has 0 saturated carbocycles. The van der Waals surface area contributed by atoms with Crippen molar-refractivity contribution in [3.05, 3.63) is 33.1 Å². The first-order valence-corrected chi connectivity index (χ1v) is 11.8. The van der Waals surface area contributed by atoms with Gasteiger partial charge in [0.1, 0.15) is 18.4 Å². The van der Waals surface area contributed by atoms with E-state index in [1.807, 2.05) is 0 Å². The van der Waals surface area contributed by atoms with Gasteiger partial charge in [0.15, 0.2) is 0 Å². The lowest BCUT2D eigenvalue weighted by Gasteiger charge is -2.36. The monoisotopic (exact) mass is 476 g/mol. The number of fused-ring (bicyclic) bond motifs is 1. The molecule has 2 aliphatic rings. The number of hydrogen-bond acceptors (Lipinski definition) is 10. The van der Waals surface area contributed by atoms with Crippen molar-refractivity contribution in [3.8, 4) is 0 Å². The lowest BCUT2D eigenvalue weighted by Crippen LogP contribution is -2.42. The fraction of sp³-hybridized carbons (Fsp3) is 0.737. The van der Waals surface area contributed by atoms with Gasteiger partial charge in [-0.1, -0.05) is 13.8 Å². The smallest absolute Gasteiger partial charge is 0.463 e. The second kappa shape index (κ2) is 9.58. The topological polar surface area (TPSA) is 155 Å². The van der Waals surface area contributed by atoms with E-state index < -0.39 is 61.4 Å². The molecule has 0 bridgehead atoms. The number of nitrogens with zero attached hydrogens (tertiary/aromatic N) is 1. The molecule has 3 heterocycles. The average Bonchev–Trinajstić information content (AvgIpc) is 2.95. The van der Waals surface area contributed by atoms with Crippen LogP contribution >= 0.6 is 7.82 Å². The Morgan fingerprint density at radius 1 is 1.41 bits per heavy atom. The summed E-state index contributed by atoms with van der Waals surface area (Å²) >= 11 is 0. The van der Waals surface area contributed by atoms with Gasteiger partial charge in [-0.05, 0) is 20.3 Å². The Hall–Kier alpha value is -1.82. The van der Waals surface area contributed by atoms with Gasteiger partial charge < -0.3 is 14.6 Å². The van der Waals surface area contributed by atoms with Gasteiger partial charge in [-0.3, -0.25) is 32.7 Å². The maximum absolute atomic E-state index is 13.0. The number of aliphatic hydroxyl groups is 1. The zero-order valence-electron chi connectivity index (χ0n) is 18.4. The number of aromatic nitrogens is 2. The van der Waals surface area contributed by atoms with Crippen LogP contribution in [0.1, 0.15) is 40.3 Å². The summed E-state index contributed by atoms with van der Waals surface area (Å²) in [4.78, 5) is 37.7. The van der Waals surface area contributed by atoms with Gasteiger partial charge in [0.25, 0.3) is 5.56 Å². The molecule has 13 heteroatoms. The van der Waals surface area contributed by atoms with E-state index in [1.165, 1.54) is 16.8 Å². The Labute approximate surface area is 184 Å². The molecule has 1 aromatic rings. The first-order valence-electron chi connectivity index (χ1n) is 10.3. The number of carbonyl (C=O) groups excluding carboxylic acids is 1. The summed E-state index contributed by atoms with van der Waals surface area (Å²) in [6, 6.07) is 1.20. The molecule has 0 aliphatic carbocycles. The molecule has 12 nitrogen and oxygen atoms in total. The highest BCUT2D eigenvalue weighted by molar-refractivity contribution is 7.48. The van der Waals surface area contributed by atoms with Crippen LogP contribution in [0.4, 0.5) is 0 Å². The van der Waals surface area contributed by atoms with E-state index in [1.54, 1.807) is 27.7 Å². The minimum atomic E-state index is -3.98. The van der Waals surface area contributed by atoms with E-state index in [9.17, 15) is 24.1 Å². The number of esters is 1. The third-order valence-corrected chi connectivity index (χ3v) is 6.83. The predicted molar refractivity (Wildman–Crippen MR) is 110 cm³/mol. The standard InChI is InChI=1S/C19H29N2O10P/c1-11(2)29-16(24)12(9-22)6-8-27-32(26)28-10-13-15(31-32)19(3,4)17(30-13)21-7-5-14(23)20-18(21)25/h5,7,11-13,15,17,22H,6,8-10H2,1-4H3,(H,20,23,25)/t12?,13-,15-,17-,32+/m1/s1. The second-order valence-electron chi connectivity index (χ2n) is 8.62. The third-order valence-electron chi connectivity index (χ3n) is 5.38. The molecule has 0 aromatic carbocycles. The van der Waals surface area contributed by atoms with Crippen molar-refractivity contribution < 1.29 is 37.5 Å². The lowest BCUT2D eigenvalue weighted by molar-refractivity contribution is -0.154. The van der Waals surface area contributed by atoms with Crippen LogP contribution < -0.4 is 11.2 Å². The molecule has 0 amide bonds. The molecule has 1 aromatic heterocycles. The normalized spacial score (nSPS) is 30.1. The van der Waals surface area contributed by atoms with E-state index in [-0.39, 0.29) is 25.7 Å². The average molecular weight is 476 g/mol. The maximum Gasteiger partial charge on any atom is 0.475 e. The largest absolute Gasteiger partial charge is 0.475 e. The number of carbonyl (C=O) groups is 1. The van der Waals surface area contributed by atoms with Gasteiger partial charge in [-0.25, -0.2) is 9.36 Å². The van der Waals surface area contributed by atoms with Crippen molar-refractivity contribution in [2.24, 2.45) is 11.3 Å². The quantitative estimate of drug-likeness (QED) is 0.409. The van der Waals surface area contributed by atoms with Gasteiger partial charge in [-0.2, -0.15) is 0 Å². The van der Waals surface area contributed by atoms with Crippen LogP contribution in [0, 0.1) is 11.3 Å². The molecule has 180 valence electrons. The summed E-state index contributed by atoms with van der Waals surface area (Å²) in [7, 11) is -3.98. The highest BCUT2D eigenvalue weighted by Crippen LogP contribution is 2.60. The van der Waals surface area contributed by atoms with E-state index in [4.69, 9.17) is 23.0 Å². The summed E-state index contributed by atoms with van der Waals surface area (Å²) in [6.45, 7) is 6.23. The van der Waals surface area contributed by atoms with Crippen LogP contribution in [0.5, 0.6) is 0 Å². The minimum absolute atomic E-state index is 0.0577. The number of aliphatic hydroxyl groups excluding tert-OH is 1. The molecule has 0 radical (unpaired) electrons. The van der Waals surface area contributed by atoms with Gasteiger partial charge in [-0.15, -0.1) is 0 Å². The van der Waals surface area contributed by atoms with Crippen molar-refractivity contribution in [3.63, 3.8) is 0 Å². The number of phosphoric acid groups is 1. The Balaban J connectivity index is 1.66. The Morgan fingerprint density at radius 2 is 2.12 bits per heavy atom. The van der Waals surface area contributed by atoms with Crippen LogP contribution in [0.25, 0.3) is 0 Å². The number of phosphoric ester groups is 1. The number of rotatable bonds is 8. The third kappa shape index (κ3) is 5.22. The Kier molecular flexibility index (Phi) is 7.43. The van der Waals surface area contributed by atoms with Gasteiger partial charge >= 0.3 is 19.5 Å². The number of hydrogen-bond donors (Lipinski definition) is 2. The predicted octanol–water partition coefficient (Wildman–Crippen LogP) is 0.950. The first-order chi connectivity index (χ1) is 15.0. The summed E-state index contributed by atoms with van der Waals surface area (Å²) in [5, 5.41) is 9.42. The maximum atomic E-state index is 13.0. The number of nitrogens with one attached hydrogen (secondary N) is 1. The summed E-state index contributed by atoms with van der Waals surface area (Å²) in [6.07, 6.45) is -1.10. The van der Waals surface area contributed by atoms with Gasteiger partial charge in [0, 0.05) is 17.7 Å². The molecule has 1 unspecified atom stereocenters. The Bertz CT molecular complexity index is 987. The second-order valence-corrected chi connectivity index (χ2v) is 10.2. The van der Waals surface area contributed by atoms with Gasteiger partial charge in [0.05, 0.1) is 31.8 Å². The molecule has 0 spiro atoms. The van der Waals surface area contributed by atoms with Gasteiger partial charge in [0.2, 0.25) is 0 Å². The van der Waals surface area contributed by atoms with E-state index >= 15 is 0 Å². The fourth-order valence-electron chi connectivity index (χ4n) is 3.72. The molecule has 2 fully saturated rings. The zero-order chi connectivity index (χ0) is 23.7. The molecular weight excluding hydrogens is 447 g/mol. The van der Waals surface area contributed by atoms with Crippen molar-refractivity contribution in [2.75, 3.05) is 19.8 Å². The van der Waals surface area contributed by atoms with Crippen LogP contribution in [0.3, 0.4) is 0 Å². The van der Waals surface area contributed by atoms with Crippen LogP contribution in [0.2, 0.25) is 0 Å². The molecule has 2 N–H and O–H groups in total. The summed E-state index contributed by atoms with van der Waals surface area (Å²) < 4.78 is 41.6. The molecule has 5 atom stereocenters. The van der Waals surface area contributed by atoms with E-state index in [0.29, 0.717) is 0 Å². The zero-order valence-corrected chi connectivity index (χ0v) is 19.3. The van der Waals surface area contributed by atoms with Crippen LogP contribution in [-0.4, -0.2) is 58.8 Å². The molecule has 2 aliphatic heterocycles. The number of ether oxygens (including phenoxy) is 2. The lowest BCUT2D eigenvalue weighted by atomic mass is 9.84. The first kappa shape index (κ1) is 24.8. The van der Waals surface area contributed by atoms with Crippen molar-refractivity contribution in [2.45, 2.75) is 58.7 Å². The van der Waals surface area contributed by atoms with Crippen LogP contribution in [0.15, 0.2) is 21.9 Å². The molecule has 3 rings (SSSR count). The van der Waals surface area contributed by atoms with Crippen molar-refractivity contribution >= 4 is 13.8 Å². The summed E-state index contributed by atoms with van der Waals surface area (Å²) in [5.74, 6) is -1.40. The highest BCUT2D eigenvalue weighted by atomic mass is 31.2. The molecule has 32 heavy (non-hydrogen) atoms. The summed E-state index contributed by atoms with van der Waals surface area (Å²) in [5.41, 5.74) is -2.00. The molecular formula is C19H29N2O10P. The Morgan fingerprint density at radius 3 is 2.75 bits per heavy atom. The number of H-pyrrole nitrogens is 1. The van der Waals surface area contributed by atoms with Crippen molar-refractivity contribution in [1.29, 1.82) is 0 Å². The highest BCUT2D eigenvalue weighted by Gasteiger charge is 2.58. The molecule has 2 saturated heterocycles. The SMILES string of the molecule is CC(C)OC(=O)C(CO)CCO[P@@]1(=O)OC[C@H]2O[C@@H](n3ccc(=O)[nH]c3=O)C(C)(C)[C@@H]2O1. The van der Waals surface area contributed by atoms with E-state index in [0.717, 1.165) is 0 Å². The number of aromatic amines is 1.